The van der Waals surface area contributed by atoms with Gasteiger partial charge in [0.1, 0.15) is 18.3 Å². The molecule has 1 aliphatic heterocycles. The van der Waals surface area contributed by atoms with Crippen LogP contribution in [0.3, 0.4) is 0 Å². The van der Waals surface area contributed by atoms with Crippen LogP contribution < -0.4 is 5.32 Å². The minimum atomic E-state index is -2.16. The van der Waals surface area contributed by atoms with Crippen molar-refractivity contribution in [1.29, 1.82) is 0 Å². The summed E-state index contributed by atoms with van der Waals surface area (Å²) in [4.78, 5) is 72.4. The fourth-order valence-electron chi connectivity index (χ4n) is 3.87. The monoisotopic (exact) mass is 519 g/mol. The molecule has 0 aromatic carbocycles. The molecule has 0 aromatic rings. The molecule has 36 heavy (non-hydrogen) atoms. The van der Waals surface area contributed by atoms with Crippen molar-refractivity contribution < 1.29 is 61.9 Å². The zero-order valence-electron chi connectivity index (χ0n) is 21.3. The molecule has 0 aliphatic carbocycles. The third kappa shape index (κ3) is 8.45. The van der Waals surface area contributed by atoms with Crippen molar-refractivity contribution in [3.63, 3.8) is 0 Å². The first-order valence-electron chi connectivity index (χ1n) is 11.0. The standard InChI is InChI=1S/C22H33NO13/c1-11(24)23-18-16(34-13(3)26)10-22(32-7,21(29)31-6)36-20(18)19(35-14(4)27)15(33-12(2)25)8-9-17(28)30-5/h15-16,18-20H,8-10H2,1-7H3,(H,23,24)/t15-,16-,18-,19-,20?,22+/m1/s1. The Kier molecular flexibility index (Phi) is 11.7. The number of nitrogens with one attached hydrogen (secondary N) is 1. The van der Waals surface area contributed by atoms with Gasteiger partial charge in [-0.3, -0.25) is 24.0 Å². The van der Waals surface area contributed by atoms with E-state index in [1.165, 1.54) is 6.92 Å². The molecule has 0 aromatic heterocycles. The van der Waals surface area contributed by atoms with E-state index in [4.69, 9.17) is 28.4 Å². The third-order valence-corrected chi connectivity index (χ3v) is 5.23. The van der Waals surface area contributed by atoms with Crippen LogP contribution in [0, 0.1) is 0 Å². The predicted molar refractivity (Wildman–Crippen MR) is 117 cm³/mol. The first kappa shape index (κ1) is 30.8. The fourth-order valence-corrected chi connectivity index (χ4v) is 3.87. The number of ether oxygens (including phenoxy) is 7. The van der Waals surface area contributed by atoms with Crippen LogP contribution in [-0.2, 0) is 61.9 Å². The summed E-state index contributed by atoms with van der Waals surface area (Å²) in [6, 6.07) is -1.21. The second-order valence-electron chi connectivity index (χ2n) is 7.95. The van der Waals surface area contributed by atoms with Crippen molar-refractivity contribution in [2.75, 3.05) is 21.3 Å². The van der Waals surface area contributed by atoms with Crippen molar-refractivity contribution in [3.05, 3.63) is 0 Å². The minimum Gasteiger partial charge on any atom is -0.469 e. The van der Waals surface area contributed by atoms with Crippen LogP contribution >= 0.6 is 0 Å². The highest BCUT2D eigenvalue weighted by molar-refractivity contribution is 5.79. The zero-order chi connectivity index (χ0) is 27.6. The average molecular weight is 520 g/mol. The van der Waals surface area contributed by atoms with Crippen LogP contribution in [0.5, 0.6) is 0 Å². The number of carbonyl (C=O) groups is 6. The third-order valence-electron chi connectivity index (χ3n) is 5.23. The van der Waals surface area contributed by atoms with Crippen LogP contribution in [0.2, 0.25) is 0 Å². The van der Waals surface area contributed by atoms with E-state index in [0.717, 1.165) is 42.1 Å². The summed E-state index contributed by atoms with van der Waals surface area (Å²) in [6.45, 7) is 4.46. The van der Waals surface area contributed by atoms with Crippen LogP contribution in [0.1, 0.15) is 47.0 Å². The lowest BCUT2D eigenvalue weighted by Gasteiger charge is -2.48. The summed E-state index contributed by atoms with van der Waals surface area (Å²) < 4.78 is 36.9. The van der Waals surface area contributed by atoms with E-state index in [1.807, 2.05) is 0 Å². The van der Waals surface area contributed by atoms with Crippen LogP contribution in [-0.4, -0.2) is 93.3 Å². The Labute approximate surface area is 208 Å². The van der Waals surface area contributed by atoms with Gasteiger partial charge in [-0.05, 0) is 6.42 Å². The van der Waals surface area contributed by atoms with E-state index < -0.39 is 78.4 Å². The maximum atomic E-state index is 12.7. The topological polar surface area (TPSA) is 179 Å². The van der Waals surface area contributed by atoms with Gasteiger partial charge in [-0.1, -0.05) is 0 Å². The number of methoxy groups -OCH3 is 3. The lowest BCUT2D eigenvalue weighted by atomic mass is 9.87. The molecular formula is C22H33NO13. The molecule has 14 nitrogen and oxygen atoms in total. The average Bonchev–Trinajstić information content (AvgIpc) is 2.79. The predicted octanol–water partition coefficient (Wildman–Crippen LogP) is -0.456. The maximum Gasteiger partial charge on any atom is 0.366 e. The minimum absolute atomic E-state index is 0.187. The molecule has 0 bridgehead atoms. The van der Waals surface area contributed by atoms with Gasteiger partial charge in [0.25, 0.3) is 5.79 Å². The Balaban J connectivity index is 3.71. The lowest BCUT2D eigenvalue weighted by molar-refractivity contribution is -0.306. The number of hydrogen-bond donors (Lipinski definition) is 1. The van der Waals surface area contributed by atoms with Crippen molar-refractivity contribution >= 4 is 35.8 Å². The second kappa shape index (κ2) is 13.7. The molecule has 1 saturated heterocycles. The molecule has 1 amide bonds. The van der Waals surface area contributed by atoms with E-state index in [9.17, 15) is 28.8 Å². The second-order valence-corrected chi connectivity index (χ2v) is 7.95. The number of carbonyl (C=O) groups excluding carboxylic acids is 6. The lowest BCUT2D eigenvalue weighted by Crippen LogP contribution is -2.68. The van der Waals surface area contributed by atoms with Gasteiger partial charge >= 0.3 is 29.8 Å². The molecule has 1 heterocycles. The summed E-state index contributed by atoms with van der Waals surface area (Å²) in [6.07, 6.45) is -6.38. The highest BCUT2D eigenvalue weighted by Gasteiger charge is 2.58. The van der Waals surface area contributed by atoms with E-state index in [2.05, 4.69) is 10.1 Å². The van der Waals surface area contributed by atoms with E-state index in [-0.39, 0.29) is 12.8 Å². The van der Waals surface area contributed by atoms with Crippen molar-refractivity contribution in [1.82, 2.24) is 5.32 Å². The van der Waals surface area contributed by atoms with Crippen molar-refractivity contribution in [3.8, 4) is 0 Å². The van der Waals surface area contributed by atoms with Gasteiger partial charge in [-0.2, -0.15) is 0 Å². The Hall–Kier alpha value is -3.26. The molecule has 1 fully saturated rings. The number of hydrogen-bond acceptors (Lipinski definition) is 13. The van der Waals surface area contributed by atoms with Gasteiger partial charge in [0, 0.05) is 41.2 Å². The van der Waals surface area contributed by atoms with Gasteiger partial charge in [-0.25, -0.2) is 4.79 Å². The highest BCUT2D eigenvalue weighted by atomic mass is 16.7. The Morgan fingerprint density at radius 2 is 1.53 bits per heavy atom. The Morgan fingerprint density at radius 1 is 0.917 bits per heavy atom. The molecule has 1 N–H and O–H groups in total. The molecule has 1 rings (SSSR count). The van der Waals surface area contributed by atoms with E-state index in [1.54, 1.807) is 0 Å². The van der Waals surface area contributed by atoms with Gasteiger partial charge in [0.15, 0.2) is 6.10 Å². The van der Waals surface area contributed by atoms with Gasteiger partial charge in [-0.15, -0.1) is 0 Å². The zero-order valence-corrected chi connectivity index (χ0v) is 21.3. The van der Waals surface area contributed by atoms with E-state index in [0.29, 0.717) is 0 Å². The molecule has 1 aliphatic rings. The summed E-state index contributed by atoms with van der Waals surface area (Å²) >= 11 is 0. The largest absolute Gasteiger partial charge is 0.469 e. The summed E-state index contributed by atoms with van der Waals surface area (Å²) in [5, 5.41) is 2.57. The molecule has 0 radical (unpaired) electrons. The smallest absolute Gasteiger partial charge is 0.366 e. The maximum absolute atomic E-state index is 12.7. The quantitative estimate of drug-likeness (QED) is 0.274. The van der Waals surface area contributed by atoms with E-state index >= 15 is 0 Å². The van der Waals surface area contributed by atoms with Crippen LogP contribution in [0.15, 0.2) is 0 Å². The molecule has 6 atom stereocenters. The summed E-state index contributed by atoms with van der Waals surface area (Å²) in [7, 11) is 3.37. The van der Waals surface area contributed by atoms with Crippen LogP contribution in [0.25, 0.3) is 0 Å². The molecule has 204 valence electrons. The SMILES string of the molecule is COC(=O)CC[C@@H](OC(C)=O)[C@@H](OC(C)=O)C1O[C@](OC)(C(=O)OC)C[C@@H](OC(C)=O)[C@H]1NC(C)=O. The molecule has 0 saturated carbocycles. The summed E-state index contributed by atoms with van der Waals surface area (Å²) in [5.74, 6) is -6.75. The fraction of sp³-hybridized carbons (Fsp3) is 0.727. The van der Waals surface area contributed by atoms with Crippen LogP contribution in [0.4, 0.5) is 0 Å². The normalized spacial score (nSPS) is 24.9. The van der Waals surface area contributed by atoms with Gasteiger partial charge in [0.2, 0.25) is 5.91 Å². The highest BCUT2D eigenvalue weighted by Crippen LogP contribution is 2.37. The number of amides is 1. The molecule has 14 heteroatoms. The van der Waals surface area contributed by atoms with Gasteiger partial charge < -0.3 is 38.5 Å². The van der Waals surface area contributed by atoms with Crippen molar-refractivity contribution in [2.45, 2.75) is 83.2 Å². The Morgan fingerprint density at radius 3 is 1.97 bits per heavy atom. The van der Waals surface area contributed by atoms with Crippen molar-refractivity contribution in [2.24, 2.45) is 0 Å². The molecular weight excluding hydrogens is 486 g/mol. The number of esters is 5. The molecule has 0 spiro atoms. The first-order chi connectivity index (χ1) is 16.8. The molecule has 1 unspecified atom stereocenters. The first-order valence-corrected chi connectivity index (χ1v) is 11.0. The summed E-state index contributed by atoms with van der Waals surface area (Å²) in [5.41, 5.74) is 0. The Bertz CT molecular complexity index is 844. The number of rotatable bonds is 11. The van der Waals surface area contributed by atoms with Gasteiger partial charge in [0.05, 0.1) is 26.7 Å².